The topological polar surface area (TPSA) is 76.7 Å². The number of ether oxygens (including phenoxy) is 2. The van der Waals surface area contributed by atoms with Crippen LogP contribution in [0.15, 0.2) is 34.7 Å². The molecule has 2 N–H and O–H groups in total. The highest BCUT2D eigenvalue weighted by Gasteiger charge is 2.15. The van der Waals surface area contributed by atoms with Crippen molar-refractivity contribution in [3.05, 3.63) is 40.3 Å². The maximum atomic E-state index is 11.8. The maximum absolute atomic E-state index is 11.8. The third-order valence-corrected chi connectivity index (χ3v) is 3.24. The van der Waals surface area contributed by atoms with Crippen LogP contribution in [-0.2, 0) is 19.1 Å². The molecule has 0 saturated carbocycles. The van der Waals surface area contributed by atoms with Gasteiger partial charge in [0.2, 0.25) is 11.7 Å². The predicted octanol–water partition coefficient (Wildman–Crippen LogP) is 1.70. The molecule has 6 nitrogen and oxygen atoms in total. The van der Waals surface area contributed by atoms with Gasteiger partial charge in [-0.1, -0.05) is 15.9 Å². The van der Waals surface area contributed by atoms with Crippen LogP contribution in [-0.4, -0.2) is 31.6 Å². The van der Waals surface area contributed by atoms with Crippen molar-refractivity contribution in [1.82, 2.24) is 5.32 Å². The lowest BCUT2D eigenvalue weighted by molar-refractivity contribution is -0.125. The van der Waals surface area contributed by atoms with E-state index in [2.05, 4.69) is 26.6 Å². The fraction of sp³-hybridized carbons (Fsp3) is 0.286. The molecule has 0 aromatic heterocycles. The Morgan fingerprint density at radius 1 is 1.33 bits per heavy atom. The van der Waals surface area contributed by atoms with Gasteiger partial charge in [0.05, 0.1) is 6.54 Å². The number of hydrogen-bond acceptors (Lipinski definition) is 4. The van der Waals surface area contributed by atoms with E-state index >= 15 is 0 Å². The third kappa shape index (κ3) is 4.49. The van der Waals surface area contributed by atoms with Crippen molar-refractivity contribution >= 4 is 33.4 Å². The van der Waals surface area contributed by atoms with E-state index in [-0.39, 0.29) is 18.2 Å². The van der Waals surface area contributed by atoms with E-state index in [0.29, 0.717) is 18.9 Å². The standard InChI is InChI=1S/C14H15BrN2O4/c1-9-6-10(15)2-3-11(9)17-13(18)7-16-14(19)12-8-20-4-5-21-12/h2-3,6,8H,4-5,7H2,1H3,(H,16,19)(H,17,18). The van der Waals surface area contributed by atoms with E-state index in [0.717, 1.165) is 10.0 Å². The molecule has 7 heteroatoms. The van der Waals surface area contributed by atoms with Gasteiger partial charge < -0.3 is 20.1 Å². The summed E-state index contributed by atoms with van der Waals surface area (Å²) in [6.07, 6.45) is 1.25. The van der Waals surface area contributed by atoms with Gasteiger partial charge in [-0.15, -0.1) is 0 Å². The fourth-order valence-electron chi connectivity index (χ4n) is 1.70. The highest BCUT2D eigenvalue weighted by atomic mass is 79.9. The second-order valence-electron chi connectivity index (χ2n) is 4.39. The van der Waals surface area contributed by atoms with Crippen molar-refractivity contribution in [3.63, 3.8) is 0 Å². The Balaban J connectivity index is 1.84. The molecule has 1 aromatic carbocycles. The molecule has 1 aromatic rings. The molecule has 0 spiro atoms. The van der Waals surface area contributed by atoms with Crippen molar-refractivity contribution in [3.8, 4) is 0 Å². The molecule has 0 unspecified atom stereocenters. The van der Waals surface area contributed by atoms with E-state index in [1.54, 1.807) is 6.07 Å². The molecule has 112 valence electrons. The lowest BCUT2D eigenvalue weighted by Crippen LogP contribution is -2.35. The van der Waals surface area contributed by atoms with Crippen LogP contribution in [0.2, 0.25) is 0 Å². The van der Waals surface area contributed by atoms with Crippen molar-refractivity contribution in [2.45, 2.75) is 6.92 Å². The van der Waals surface area contributed by atoms with Gasteiger partial charge in [0, 0.05) is 10.2 Å². The van der Waals surface area contributed by atoms with Gasteiger partial charge in [0.15, 0.2) is 0 Å². The van der Waals surface area contributed by atoms with E-state index in [9.17, 15) is 9.59 Å². The molecule has 0 aliphatic carbocycles. The van der Waals surface area contributed by atoms with E-state index < -0.39 is 5.91 Å². The molecule has 0 bridgehead atoms. The number of aryl methyl sites for hydroxylation is 1. The molecule has 1 aliphatic heterocycles. The van der Waals surface area contributed by atoms with Crippen LogP contribution in [0.25, 0.3) is 0 Å². The van der Waals surface area contributed by atoms with Gasteiger partial charge in [0.1, 0.15) is 19.5 Å². The Labute approximate surface area is 130 Å². The number of nitrogens with one attached hydrogen (secondary N) is 2. The minimum atomic E-state index is -0.475. The first kappa shape index (κ1) is 15.4. The molecule has 21 heavy (non-hydrogen) atoms. The number of hydrogen-bond donors (Lipinski definition) is 2. The average molecular weight is 355 g/mol. The molecular formula is C14H15BrN2O4. The zero-order valence-electron chi connectivity index (χ0n) is 11.4. The largest absolute Gasteiger partial charge is 0.494 e. The Morgan fingerprint density at radius 3 is 2.81 bits per heavy atom. The van der Waals surface area contributed by atoms with Gasteiger partial charge in [-0.2, -0.15) is 0 Å². The first-order chi connectivity index (χ1) is 10.1. The zero-order valence-corrected chi connectivity index (χ0v) is 13.0. The summed E-state index contributed by atoms with van der Waals surface area (Å²) >= 11 is 3.35. The number of benzene rings is 1. The third-order valence-electron chi connectivity index (χ3n) is 2.74. The Kier molecular flexibility index (Phi) is 5.21. The summed E-state index contributed by atoms with van der Waals surface area (Å²) in [5, 5.41) is 5.20. The Hall–Kier alpha value is -2.02. The van der Waals surface area contributed by atoms with E-state index in [1.165, 1.54) is 6.26 Å². The smallest absolute Gasteiger partial charge is 0.290 e. The Bertz CT molecular complexity index is 586. The highest BCUT2D eigenvalue weighted by molar-refractivity contribution is 9.10. The van der Waals surface area contributed by atoms with Crippen LogP contribution in [0.1, 0.15) is 5.56 Å². The second kappa shape index (κ2) is 7.12. The summed E-state index contributed by atoms with van der Waals surface area (Å²) in [7, 11) is 0. The van der Waals surface area contributed by atoms with Crippen LogP contribution in [0.3, 0.4) is 0 Å². The molecule has 0 atom stereocenters. The molecule has 1 heterocycles. The second-order valence-corrected chi connectivity index (χ2v) is 5.31. The fourth-order valence-corrected chi connectivity index (χ4v) is 2.17. The van der Waals surface area contributed by atoms with Crippen molar-refractivity contribution in [2.75, 3.05) is 25.1 Å². The Morgan fingerprint density at radius 2 is 2.14 bits per heavy atom. The lowest BCUT2D eigenvalue weighted by Gasteiger charge is -2.15. The highest BCUT2D eigenvalue weighted by Crippen LogP contribution is 2.19. The maximum Gasteiger partial charge on any atom is 0.290 e. The van der Waals surface area contributed by atoms with Gasteiger partial charge in [-0.05, 0) is 30.7 Å². The lowest BCUT2D eigenvalue weighted by atomic mass is 10.2. The molecule has 0 fully saturated rings. The van der Waals surface area contributed by atoms with Crippen LogP contribution in [0, 0.1) is 6.92 Å². The number of carbonyl (C=O) groups is 2. The number of halogens is 1. The van der Waals surface area contributed by atoms with Gasteiger partial charge >= 0.3 is 0 Å². The quantitative estimate of drug-likeness (QED) is 0.862. The van der Waals surface area contributed by atoms with Crippen molar-refractivity contribution in [1.29, 1.82) is 0 Å². The van der Waals surface area contributed by atoms with Crippen LogP contribution >= 0.6 is 15.9 Å². The molecule has 1 aliphatic rings. The number of rotatable bonds is 4. The van der Waals surface area contributed by atoms with Crippen LogP contribution < -0.4 is 10.6 Å². The summed E-state index contributed by atoms with van der Waals surface area (Å²) in [6, 6.07) is 5.52. The average Bonchev–Trinajstić information content (AvgIpc) is 2.48. The summed E-state index contributed by atoms with van der Waals surface area (Å²) in [4.78, 5) is 23.5. The summed E-state index contributed by atoms with van der Waals surface area (Å²) in [6.45, 7) is 2.48. The molecule has 2 rings (SSSR count). The molecule has 0 radical (unpaired) electrons. The minimum Gasteiger partial charge on any atom is -0.494 e. The van der Waals surface area contributed by atoms with Crippen LogP contribution in [0.5, 0.6) is 0 Å². The van der Waals surface area contributed by atoms with E-state index in [4.69, 9.17) is 9.47 Å². The van der Waals surface area contributed by atoms with Gasteiger partial charge in [-0.3, -0.25) is 9.59 Å². The van der Waals surface area contributed by atoms with Gasteiger partial charge in [-0.25, -0.2) is 0 Å². The van der Waals surface area contributed by atoms with Crippen molar-refractivity contribution < 1.29 is 19.1 Å². The number of anilines is 1. The molecule has 0 saturated heterocycles. The normalized spacial score (nSPS) is 13.5. The zero-order chi connectivity index (χ0) is 15.2. The first-order valence-electron chi connectivity index (χ1n) is 6.35. The van der Waals surface area contributed by atoms with Crippen LogP contribution in [0.4, 0.5) is 5.69 Å². The monoisotopic (exact) mass is 354 g/mol. The summed E-state index contributed by atoms with van der Waals surface area (Å²) in [5.41, 5.74) is 1.63. The summed E-state index contributed by atoms with van der Waals surface area (Å²) in [5.74, 6) is -0.711. The minimum absolute atomic E-state index is 0.0777. The van der Waals surface area contributed by atoms with Crippen molar-refractivity contribution in [2.24, 2.45) is 0 Å². The van der Waals surface area contributed by atoms with Gasteiger partial charge in [0.25, 0.3) is 5.91 Å². The van der Waals surface area contributed by atoms with E-state index in [1.807, 2.05) is 19.1 Å². The SMILES string of the molecule is Cc1cc(Br)ccc1NC(=O)CNC(=O)C1=COCCO1. The molecule has 2 amide bonds. The molecular weight excluding hydrogens is 340 g/mol. The summed E-state index contributed by atoms with van der Waals surface area (Å²) < 4.78 is 11.0. The number of amides is 2. The predicted molar refractivity (Wildman–Crippen MR) is 80.5 cm³/mol. The first-order valence-corrected chi connectivity index (χ1v) is 7.14. The number of carbonyl (C=O) groups excluding carboxylic acids is 2.